The van der Waals surface area contributed by atoms with E-state index in [-0.39, 0.29) is 4.90 Å². The summed E-state index contributed by atoms with van der Waals surface area (Å²) in [4.78, 5) is 0.236. The Morgan fingerprint density at radius 1 is 1.20 bits per heavy atom. The van der Waals surface area contributed by atoms with Gasteiger partial charge in [-0.3, -0.25) is 0 Å². The molecule has 0 bridgehead atoms. The lowest BCUT2D eigenvalue weighted by atomic mass is 10.3. The van der Waals surface area contributed by atoms with E-state index < -0.39 is 16.1 Å². The fraction of sp³-hybridized carbons (Fsp3) is 0.286. The van der Waals surface area contributed by atoms with Crippen LogP contribution in [-0.4, -0.2) is 15.0 Å². The van der Waals surface area contributed by atoms with Gasteiger partial charge in [-0.25, -0.2) is 13.1 Å². The van der Waals surface area contributed by atoms with Crippen LogP contribution in [0.25, 0.3) is 0 Å². The summed E-state index contributed by atoms with van der Waals surface area (Å²) in [6.07, 6.45) is 1.52. The number of nitrogens with one attached hydrogen (secondary N) is 2. The van der Waals surface area contributed by atoms with E-state index in [0.717, 1.165) is 0 Å². The van der Waals surface area contributed by atoms with E-state index >= 15 is 0 Å². The third kappa shape index (κ3) is 3.20. The summed E-state index contributed by atoms with van der Waals surface area (Å²) in [5.74, 6) is 0.578. The van der Waals surface area contributed by atoms with Crippen LogP contribution >= 0.6 is 0 Å². The summed E-state index contributed by atoms with van der Waals surface area (Å²) < 4.78 is 32.7. The van der Waals surface area contributed by atoms with Gasteiger partial charge in [-0.2, -0.15) is 0 Å². The first-order chi connectivity index (χ1) is 9.54. The molecule has 0 spiro atoms. The summed E-state index contributed by atoms with van der Waals surface area (Å²) in [5, 5.41) is 3.05. The Labute approximate surface area is 119 Å². The fourth-order valence-electron chi connectivity index (χ4n) is 1.93. The Morgan fingerprint density at radius 2 is 1.95 bits per heavy atom. The average molecular weight is 294 g/mol. The van der Waals surface area contributed by atoms with Crippen LogP contribution in [-0.2, 0) is 10.0 Å². The number of hydrogen-bond acceptors (Lipinski definition) is 4. The number of anilines is 1. The molecule has 0 aliphatic carbocycles. The smallest absolute Gasteiger partial charge is 0.243 e. The van der Waals surface area contributed by atoms with E-state index in [4.69, 9.17) is 4.42 Å². The van der Waals surface area contributed by atoms with Crippen molar-refractivity contribution in [2.45, 2.75) is 24.8 Å². The minimum atomic E-state index is -3.61. The minimum absolute atomic E-state index is 0.236. The standard InChI is InChI=1S/C14H18N2O3S/c1-3-15-12-7-4-5-9-14(12)20(17,18)16-11(2)13-8-6-10-19-13/h4-11,15-16H,3H2,1-2H3. The highest BCUT2D eigenvalue weighted by Crippen LogP contribution is 2.23. The van der Waals surface area contributed by atoms with Crippen LogP contribution in [0.3, 0.4) is 0 Å². The Bertz CT molecular complexity index is 651. The first kappa shape index (κ1) is 14.6. The molecule has 108 valence electrons. The zero-order valence-corrected chi connectivity index (χ0v) is 12.3. The van der Waals surface area contributed by atoms with E-state index in [2.05, 4.69) is 10.0 Å². The Kier molecular flexibility index (Phi) is 4.46. The van der Waals surface area contributed by atoms with E-state index in [0.29, 0.717) is 18.0 Å². The number of hydrogen-bond donors (Lipinski definition) is 2. The third-order valence-corrected chi connectivity index (χ3v) is 4.44. The number of benzene rings is 1. The predicted molar refractivity (Wildman–Crippen MR) is 78.1 cm³/mol. The molecule has 1 atom stereocenters. The van der Waals surface area contributed by atoms with Crippen LogP contribution in [0.2, 0.25) is 0 Å². The maximum atomic E-state index is 12.4. The van der Waals surface area contributed by atoms with Crippen molar-refractivity contribution in [3.05, 3.63) is 48.4 Å². The Morgan fingerprint density at radius 3 is 2.60 bits per heavy atom. The van der Waals surface area contributed by atoms with Crippen LogP contribution < -0.4 is 10.0 Å². The van der Waals surface area contributed by atoms with Gasteiger partial charge in [0.2, 0.25) is 10.0 Å². The molecule has 2 rings (SSSR count). The summed E-state index contributed by atoms with van der Waals surface area (Å²) in [6, 6.07) is 9.87. The molecule has 1 heterocycles. The van der Waals surface area contributed by atoms with Crippen LogP contribution in [0.1, 0.15) is 25.6 Å². The van der Waals surface area contributed by atoms with Gasteiger partial charge < -0.3 is 9.73 Å². The number of sulfonamides is 1. The maximum Gasteiger partial charge on any atom is 0.243 e. The van der Waals surface area contributed by atoms with Gasteiger partial charge in [-0.05, 0) is 38.1 Å². The summed E-state index contributed by atoms with van der Waals surface area (Å²) in [7, 11) is -3.61. The molecule has 0 saturated heterocycles. The number of furan rings is 1. The molecular formula is C14H18N2O3S. The second-order valence-electron chi connectivity index (χ2n) is 4.38. The van der Waals surface area contributed by atoms with Gasteiger partial charge in [0.25, 0.3) is 0 Å². The highest BCUT2D eigenvalue weighted by Gasteiger charge is 2.22. The molecule has 1 aromatic carbocycles. The molecule has 1 unspecified atom stereocenters. The van der Waals surface area contributed by atoms with Crippen molar-refractivity contribution < 1.29 is 12.8 Å². The SMILES string of the molecule is CCNc1ccccc1S(=O)(=O)NC(C)c1ccco1. The predicted octanol–water partition coefficient (Wildman–Crippen LogP) is 2.75. The first-order valence-corrected chi connectivity index (χ1v) is 7.91. The van der Waals surface area contributed by atoms with Gasteiger partial charge in [-0.15, -0.1) is 0 Å². The molecule has 6 heteroatoms. The van der Waals surface area contributed by atoms with E-state index in [9.17, 15) is 8.42 Å². The van der Waals surface area contributed by atoms with Crippen LogP contribution in [0.15, 0.2) is 52.0 Å². The molecule has 20 heavy (non-hydrogen) atoms. The first-order valence-electron chi connectivity index (χ1n) is 6.43. The summed E-state index contributed by atoms with van der Waals surface area (Å²) in [5.41, 5.74) is 0.592. The number of para-hydroxylation sites is 1. The maximum absolute atomic E-state index is 12.4. The molecule has 0 fully saturated rings. The van der Waals surface area contributed by atoms with Crippen molar-refractivity contribution in [2.24, 2.45) is 0 Å². The Hall–Kier alpha value is -1.79. The molecule has 2 aromatic rings. The monoisotopic (exact) mass is 294 g/mol. The molecule has 0 amide bonds. The van der Waals surface area contributed by atoms with Crippen molar-refractivity contribution >= 4 is 15.7 Å². The van der Waals surface area contributed by atoms with E-state index in [1.165, 1.54) is 6.26 Å². The molecule has 0 saturated carbocycles. The minimum Gasteiger partial charge on any atom is -0.468 e. The molecule has 0 radical (unpaired) electrons. The Balaban J connectivity index is 2.27. The normalized spacial score (nSPS) is 13.1. The lowest BCUT2D eigenvalue weighted by molar-refractivity contribution is 0.459. The quantitative estimate of drug-likeness (QED) is 0.859. The largest absolute Gasteiger partial charge is 0.468 e. The highest BCUT2D eigenvalue weighted by molar-refractivity contribution is 7.89. The van der Waals surface area contributed by atoms with Crippen molar-refractivity contribution in [1.29, 1.82) is 0 Å². The molecule has 0 aliphatic heterocycles. The highest BCUT2D eigenvalue weighted by atomic mass is 32.2. The fourth-order valence-corrected chi connectivity index (χ4v) is 3.33. The van der Waals surface area contributed by atoms with Crippen molar-refractivity contribution in [3.63, 3.8) is 0 Å². The zero-order chi connectivity index (χ0) is 14.6. The lowest BCUT2D eigenvalue weighted by Crippen LogP contribution is -2.27. The lowest BCUT2D eigenvalue weighted by Gasteiger charge is -2.15. The summed E-state index contributed by atoms with van der Waals surface area (Å²) in [6.45, 7) is 4.31. The molecule has 5 nitrogen and oxygen atoms in total. The van der Waals surface area contributed by atoms with E-state index in [1.807, 2.05) is 6.92 Å². The van der Waals surface area contributed by atoms with Gasteiger partial charge >= 0.3 is 0 Å². The average Bonchev–Trinajstić information content (AvgIpc) is 2.93. The molecular weight excluding hydrogens is 276 g/mol. The molecule has 0 aliphatic rings. The third-order valence-electron chi connectivity index (χ3n) is 2.85. The van der Waals surface area contributed by atoms with Crippen molar-refractivity contribution in [3.8, 4) is 0 Å². The summed E-state index contributed by atoms with van der Waals surface area (Å²) >= 11 is 0. The van der Waals surface area contributed by atoms with Crippen LogP contribution in [0.5, 0.6) is 0 Å². The van der Waals surface area contributed by atoms with Crippen LogP contribution in [0, 0.1) is 0 Å². The van der Waals surface area contributed by atoms with Crippen LogP contribution in [0.4, 0.5) is 5.69 Å². The van der Waals surface area contributed by atoms with Gasteiger partial charge in [0, 0.05) is 6.54 Å². The van der Waals surface area contributed by atoms with Gasteiger partial charge in [0.15, 0.2) is 0 Å². The van der Waals surface area contributed by atoms with Gasteiger partial charge in [0.1, 0.15) is 10.7 Å². The van der Waals surface area contributed by atoms with Gasteiger partial charge in [0.05, 0.1) is 18.0 Å². The molecule has 1 aromatic heterocycles. The van der Waals surface area contributed by atoms with Gasteiger partial charge in [-0.1, -0.05) is 12.1 Å². The molecule has 2 N–H and O–H groups in total. The zero-order valence-electron chi connectivity index (χ0n) is 11.5. The number of rotatable bonds is 6. The van der Waals surface area contributed by atoms with Crippen molar-refractivity contribution in [2.75, 3.05) is 11.9 Å². The topological polar surface area (TPSA) is 71.3 Å². The van der Waals surface area contributed by atoms with E-state index in [1.54, 1.807) is 43.3 Å². The second kappa shape index (κ2) is 6.11. The van der Waals surface area contributed by atoms with Crippen molar-refractivity contribution in [1.82, 2.24) is 4.72 Å². The second-order valence-corrected chi connectivity index (χ2v) is 6.07.